The lowest BCUT2D eigenvalue weighted by atomic mass is 10.1. The molecule has 1 atom stereocenters. The number of carbonyl (C=O) groups excluding carboxylic acids is 1. The van der Waals surface area contributed by atoms with Gasteiger partial charge in [0.15, 0.2) is 0 Å². The minimum absolute atomic E-state index is 0.0794. The fourth-order valence-corrected chi connectivity index (χ4v) is 1.93. The lowest BCUT2D eigenvalue weighted by Crippen LogP contribution is -2.39. The van der Waals surface area contributed by atoms with Gasteiger partial charge in [-0.05, 0) is 12.0 Å². The molecule has 1 unspecified atom stereocenters. The lowest BCUT2D eigenvalue weighted by Gasteiger charge is -2.16. The molecule has 0 saturated carbocycles. The number of carbonyl (C=O) groups is 1. The van der Waals surface area contributed by atoms with Crippen LogP contribution >= 0.6 is 0 Å². The second-order valence-corrected chi connectivity index (χ2v) is 4.55. The molecule has 20 heavy (non-hydrogen) atoms. The molecule has 1 aromatic heterocycles. The molecule has 0 radical (unpaired) electrons. The van der Waals surface area contributed by atoms with Gasteiger partial charge in [-0.15, -0.1) is 5.10 Å². The number of rotatable bonds is 7. The fourth-order valence-electron chi connectivity index (χ4n) is 1.93. The highest BCUT2D eigenvalue weighted by Crippen LogP contribution is 2.03. The zero-order valence-electron chi connectivity index (χ0n) is 11.1. The van der Waals surface area contributed by atoms with E-state index in [4.69, 9.17) is 0 Å². The first-order valence-corrected chi connectivity index (χ1v) is 6.56. The summed E-state index contributed by atoms with van der Waals surface area (Å²) >= 11 is 0. The van der Waals surface area contributed by atoms with Gasteiger partial charge in [-0.1, -0.05) is 35.5 Å². The van der Waals surface area contributed by atoms with E-state index >= 15 is 0 Å². The average molecular weight is 274 g/mol. The molecule has 0 aliphatic rings. The second-order valence-electron chi connectivity index (χ2n) is 4.55. The summed E-state index contributed by atoms with van der Waals surface area (Å²) < 4.78 is 1.60. The van der Waals surface area contributed by atoms with Gasteiger partial charge < -0.3 is 10.4 Å². The van der Waals surface area contributed by atoms with Crippen molar-refractivity contribution in [2.45, 2.75) is 25.4 Å². The van der Waals surface area contributed by atoms with Crippen molar-refractivity contribution in [2.24, 2.45) is 0 Å². The van der Waals surface area contributed by atoms with E-state index in [1.54, 1.807) is 17.1 Å². The first kappa shape index (κ1) is 14.2. The Labute approximate surface area is 117 Å². The van der Waals surface area contributed by atoms with Crippen LogP contribution in [-0.4, -0.2) is 38.7 Å². The Morgan fingerprint density at radius 1 is 1.35 bits per heavy atom. The van der Waals surface area contributed by atoms with E-state index in [2.05, 4.69) is 15.6 Å². The molecule has 0 aliphatic heterocycles. The fraction of sp³-hybridized carbons (Fsp3) is 0.357. The predicted octanol–water partition coefficient (Wildman–Crippen LogP) is 0.388. The third-order valence-electron chi connectivity index (χ3n) is 2.95. The Morgan fingerprint density at radius 2 is 2.15 bits per heavy atom. The van der Waals surface area contributed by atoms with Crippen molar-refractivity contribution >= 4 is 5.91 Å². The summed E-state index contributed by atoms with van der Waals surface area (Å²) in [6.07, 6.45) is 4.21. The number of benzene rings is 1. The van der Waals surface area contributed by atoms with Crippen LogP contribution in [0.25, 0.3) is 0 Å². The quantitative estimate of drug-likeness (QED) is 0.765. The van der Waals surface area contributed by atoms with Crippen molar-refractivity contribution in [2.75, 3.05) is 6.61 Å². The number of hydrogen-bond acceptors (Lipinski definition) is 4. The Balaban J connectivity index is 1.79. The highest BCUT2D eigenvalue weighted by Gasteiger charge is 2.12. The second kappa shape index (κ2) is 7.40. The number of aromatic nitrogens is 3. The molecule has 2 rings (SSSR count). The van der Waals surface area contributed by atoms with Crippen molar-refractivity contribution in [1.29, 1.82) is 0 Å². The first-order chi connectivity index (χ1) is 9.78. The van der Waals surface area contributed by atoms with Gasteiger partial charge >= 0.3 is 0 Å². The molecule has 1 aromatic carbocycles. The Kier molecular flexibility index (Phi) is 5.25. The SMILES string of the molecule is O=C(CCn1ccnn1)NC(CO)Cc1ccccc1. The third kappa shape index (κ3) is 4.47. The maximum absolute atomic E-state index is 11.8. The monoisotopic (exact) mass is 274 g/mol. The van der Waals surface area contributed by atoms with Crippen LogP contribution in [0.5, 0.6) is 0 Å². The van der Waals surface area contributed by atoms with Crippen molar-refractivity contribution in [1.82, 2.24) is 20.3 Å². The normalized spacial score (nSPS) is 12.1. The van der Waals surface area contributed by atoms with Gasteiger partial charge in [-0.3, -0.25) is 9.48 Å². The standard InChI is InChI=1S/C14H18N4O2/c19-11-13(10-12-4-2-1-3-5-12)16-14(20)6-8-18-9-7-15-17-18/h1-5,7,9,13,19H,6,8,10-11H2,(H,16,20). The third-order valence-corrected chi connectivity index (χ3v) is 2.95. The molecular weight excluding hydrogens is 256 g/mol. The molecule has 0 aliphatic carbocycles. The summed E-state index contributed by atoms with van der Waals surface area (Å²) in [6, 6.07) is 9.51. The molecule has 6 heteroatoms. The van der Waals surface area contributed by atoms with E-state index in [-0.39, 0.29) is 18.6 Å². The molecule has 0 saturated heterocycles. The van der Waals surface area contributed by atoms with Gasteiger partial charge in [0.2, 0.25) is 5.91 Å². The number of nitrogens with zero attached hydrogens (tertiary/aromatic N) is 3. The van der Waals surface area contributed by atoms with Crippen molar-refractivity contribution < 1.29 is 9.90 Å². The number of aryl methyl sites for hydroxylation is 1. The maximum atomic E-state index is 11.8. The average Bonchev–Trinajstić information content (AvgIpc) is 2.99. The van der Waals surface area contributed by atoms with Crippen LogP contribution in [0.3, 0.4) is 0 Å². The van der Waals surface area contributed by atoms with Crippen LogP contribution in [0, 0.1) is 0 Å². The molecule has 1 heterocycles. The molecular formula is C14H18N4O2. The summed E-state index contributed by atoms with van der Waals surface area (Å²) in [5, 5.41) is 19.6. The van der Waals surface area contributed by atoms with E-state index in [1.165, 1.54) is 0 Å². The Morgan fingerprint density at radius 3 is 2.80 bits per heavy atom. The highest BCUT2D eigenvalue weighted by molar-refractivity contribution is 5.76. The Hall–Kier alpha value is -2.21. The largest absolute Gasteiger partial charge is 0.394 e. The van der Waals surface area contributed by atoms with Gasteiger partial charge in [-0.2, -0.15) is 0 Å². The number of aliphatic hydroxyl groups is 1. The topological polar surface area (TPSA) is 80.0 Å². The minimum atomic E-state index is -0.263. The van der Waals surface area contributed by atoms with E-state index in [1.807, 2.05) is 30.3 Å². The summed E-state index contributed by atoms with van der Waals surface area (Å²) in [7, 11) is 0. The summed E-state index contributed by atoms with van der Waals surface area (Å²) in [4.78, 5) is 11.8. The summed E-state index contributed by atoms with van der Waals surface area (Å²) in [6.45, 7) is 0.402. The van der Waals surface area contributed by atoms with E-state index in [0.717, 1.165) is 5.56 Å². The molecule has 6 nitrogen and oxygen atoms in total. The van der Waals surface area contributed by atoms with Crippen LogP contribution in [0.1, 0.15) is 12.0 Å². The van der Waals surface area contributed by atoms with Crippen LogP contribution in [0.15, 0.2) is 42.7 Å². The zero-order chi connectivity index (χ0) is 14.2. The molecule has 2 N–H and O–H groups in total. The van der Waals surface area contributed by atoms with Gasteiger partial charge in [0, 0.05) is 12.6 Å². The van der Waals surface area contributed by atoms with Crippen molar-refractivity contribution in [3.63, 3.8) is 0 Å². The molecule has 0 spiro atoms. The summed E-state index contributed by atoms with van der Waals surface area (Å²) in [5.74, 6) is -0.101. The van der Waals surface area contributed by atoms with Crippen LogP contribution in [0.2, 0.25) is 0 Å². The molecule has 1 amide bonds. The first-order valence-electron chi connectivity index (χ1n) is 6.56. The molecule has 0 bridgehead atoms. The van der Waals surface area contributed by atoms with Gasteiger partial charge in [-0.25, -0.2) is 0 Å². The highest BCUT2D eigenvalue weighted by atomic mass is 16.3. The molecule has 0 fully saturated rings. The van der Waals surface area contributed by atoms with Crippen LogP contribution < -0.4 is 5.32 Å². The zero-order valence-corrected chi connectivity index (χ0v) is 11.1. The number of aliphatic hydroxyl groups excluding tert-OH is 1. The smallest absolute Gasteiger partial charge is 0.222 e. The van der Waals surface area contributed by atoms with Crippen LogP contribution in [-0.2, 0) is 17.8 Å². The number of hydrogen-bond donors (Lipinski definition) is 2. The van der Waals surface area contributed by atoms with Gasteiger partial charge in [0.25, 0.3) is 0 Å². The lowest BCUT2D eigenvalue weighted by molar-refractivity contribution is -0.122. The molecule has 2 aromatic rings. The maximum Gasteiger partial charge on any atom is 0.222 e. The number of amides is 1. The van der Waals surface area contributed by atoms with Gasteiger partial charge in [0.05, 0.1) is 25.4 Å². The van der Waals surface area contributed by atoms with E-state index in [0.29, 0.717) is 19.4 Å². The number of nitrogens with one attached hydrogen (secondary N) is 1. The van der Waals surface area contributed by atoms with Gasteiger partial charge in [0.1, 0.15) is 0 Å². The van der Waals surface area contributed by atoms with E-state index < -0.39 is 0 Å². The van der Waals surface area contributed by atoms with Crippen molar-refractivity contribution in [3.8, 4) is 0 Å². The Bertz CT molecular complexity index is 513. The van der Waals surface area contributed by atoms with E-state index in [9.17, 15) is 9.90 Å². The predicted molar refractivity (Wildman–Crippen MR) is 73.8 cm³/mol. The van der Waals surface area contributed by atoms with Crippen LogP contribution in [0.4, 0.5) is 0 Å². The van der Waals surface area contributed by atoms with Crippen molar-refractivity contribution in [3.05, 3.63) is 48.3 Å². The summed E-state index contributed by atoms with van der Waals surface area (Å²) in [5.41, 5.74) is 1.09. The molecule has 106 valence electrons. The minimum Gasteiger partial charge on any atom is -0.394 e.